The standard InChI is InChI=1S/C10H16N2O/c1-3-4-10(8-13)12-6-5-11-7-9(12)2/h4,8,11H,2-3,5-7H2,1H3/b10-4-. The van der Waals surface area contributed by atoms with E-state index in [9.17, 15) is 4.79 Å². The number of carbonyl (C=O) groups excluding carboxylic acids is 1. The Morgan fingerprint density at radius 3 is 3.08 bits per heavy atom. The molecule has 0 saturated carbocycles. The summed E-state index contributed by atoms with van der Waals surface area (Å²) >= 11 is 0. The molecule has 0 amide bonds. The van der Waals surface area contributed by atoms with Crippen LogP contribution in [0.2, 0.25) is 0 Å². The fourth-order valence-electron chi connectivity index (χ4n) is 1.42. The summed E-state index contributed by atoms with van der Waals surface area (Å²) in [5.41, 5.74) is 1.71. The summed E-state index contributed by atoms with van der Waals surface area (Å²) in [6.07, 6.45) is 3.72. The monoisotopic (exact) mass is 180 g/mol. The van der Waals surface area contributed by atoms with Crippen molar-refractivity contribution < 1.29 is 4.79 Å². The number of nitrogens with one attached hydrogen (secondary N) is 1. The molecule has 0 unspecified atom stereocenters. The van der Waals surface area contributed by atoms with E-state index in [1.807, 2.05) is 17.9 Å². The van der Waals surface area contributed by atoms with Gasteiger partial charge in [-0.1, -0.05) is 19.6 Å². The summed E-state index contributed by atoms with van der Waals surface area (Å²) in [5, 5.41) is 3.20. The van der Waals surface area contributed by atoms with Gasteiger partial charge in [0.25, 0.3) is 0 Å². The quantitative estimate of drug-likeness (QED) is 0.517. The van der Waals surface area contributed by atoms with Crippen molar-refractivity contribution in [1.29, 1.82) is 0 Å². The second kappa shape index (κ2) is 4.82. The van der Waals surface area contributed by atoms with Gasteiger partial charge in [0, 0.05) is 25.3 Å². The molecule has 13 heavy (non-hydrogen) atoms. The Bertz CT molecular complexity index is 233. The van der Waals surface area contributed by atoms with Crippen LogP contribution in [0, 0.1) is 0 Å². The van der Waals surface area contributed by atoms with Gasteiger partial charge in [-0.2, -0.15) is 0 Å². The lowest BCUT2D eigenvalue weighted by Gasteiger charge is -2.31. The lowest BCUT2D eigenvalue weighted by molar-refractivity contribution is -0.106. The number of hydrogen-bond acceptors (Lipinski definition) is 3. The molecule has 0 aromatic heterocycles. The maximum absolute atomic E-state index is 10.8. The largest absolute Gasteiger partial charge is 0.341 e. The predicted molar refractivity (Wildman–Crippen MR) is 53.2 cm³/mol. The third-order valence-corrected chi connectivity index (χ3v) is 2.07. The van der Waals surface area contributed by atoms with Crippen LogP contribution in [-0.4, -0.2) is 30.8 Å². The first-order valence-corrected chi connectivity index (χ1v) is 4.61. The molecule has 1 rings (SSSR count). The van der Waals surface area contributed by atoms with Crippen LogP contribution in [0.25, 0.3) is 0 Å². The van der Waals surface area contributed by atoms with Gasteiger partial charge in [0.1, 0.15) is 0 Å². The van der Waals surface area contributed by atoms with Gasteiger partial charge in [-0.15, -0.1) is 0 Å². The first-order chi connectivity index (χ1) is 6.29. The SMILES string of the molecule is C=C1CNCCN1/C(C=O)=C\CC. The molecule has 0 aliphatic carbocycles. The number of rotatable bonds is 3. The topological polar surface area (TPSA) is 32.3 Å². The number of piperazine rings is 1. The van der Waals surface area contributed by atoms with E-state index < -0.39 is 0 Å². The number of allylic oxidation sites excluding steroid dienone is 2. The van der Waals surface area contributed by atoms with E-state index in [0.29, 0.717) is 0 Å². The third-order valence-electron chi connectivity index (χ3n) is 2.07. The summed E-state index contributed by atoms with van der Waals surface area (Å²) in [7, 11) is 0. The van der Waals surface area contributed by atoms with Crippen LogP contribution in [0.3, 0.4) is 0 Å². The van der Waals surface area contributed by atoms with E-state index in [1.54, 1.807) is 0 Å². The first kappa shape index (κ1) is 9.99. The van der Waals surface area contributed by atoms with Gasteiger partial charge in [-0.05, 0) is 6.42 Å². The van der Waals surface area contributed by atoms with E-state index >= 15 is 0 Å². The fourth-order valence-corrected chi connectivity index (χ4v) is 1.42. The molecule has 0 bridgehead atoms. The lowest BCUT2D eigenvalue weighted by Crippen LogP contribution is -2.41. The fraction of sp³-hybridized carbons (Fsp3) is 0.500. The van der Waals surface area contributed by atoms with Gasteiger partial charge in [0.05, 0.1) is 5.70 Å². The minimum absolute atomic E-state index is 0.744. The van der Waals surface area contributed by atoms with E-state index in [0.717, 1.165) is 43.7 Å². The van der Waals surface area contributed by atoms with Crippen molar-refractivity contribution in [3.05, 3.63) is 24.0 Å². The van der Waals surface area contributed by atoms with Crippen LogP contribution in [0.4, 0.5) is 0 Å². The van der Waals surface area contributed by atoms with Crippen LogP contribution in [-0.2, 0) is 4.79 Å². The highest BCUT2D eigenvalue weighted by atomic mass is 16.1. The lowest BCUT2D eigenvalue weighted by atomic mass is 10.2. The summed E-state index contributed by atoms with van der Waals surface area (Å²) in [6, 6.07) is 0. The van der Waals surface area contributed by atoms with Crippen molar-refractivity contribution in [2.24, 2.45) is 0 Å². The number of aldehydes is 1. The normalized spacial score (nSPS) is 19.0. The van der Waals surface area contributed by atoms with Crippen molar-refractivity contribution >= 4 is 6.29 Å². The van der Waals surface area contributed by atoms with Gasteiger partial charge < -0.3 is 10.2 Å². The third kappa shape index (κ3) is 2.42. The van der Waals surface area contributed by atoms with Gasteiger partial charge in [-0.3, -0.25) is 4.79 Å². The Kier molecular flexibility index (Phi) is 3.71. The van der Waals surface area contributed by atoms with Crippen molar-refractivity contribution in [2.45, 2.75) is 13.3 Å². The van der Waals surface area contributed by atoms with Gasteiger partial charge >= 0.3 is 0 Å². The molecule has 1 N–H and O–H groups in total. The minimum atomic E-state index is 0.744. The van der Waals surface area contributed by atoms with E-state index in [1.165, 1.54) is 0 Å². The first-order valence-electron chi connectivity index (χ1n) is 4.61. The molecule has 0 aromatic carbocycles. The zero-order valence-corrected chi connectivity index (χ0v) is 8.05. The van der Waals surface area contributed by atoms with Crippen molar-refractivity contribution in [2.75, 3.05) is 19.6 Å². The maximum Gasteiger partial charge on any atom is 0.166 e. The molecule has 1 aliphatic heterocycles. The number of hydrogen-bond donors (Lipinski definition) is 1. The Morgan fingerprint density at radius 2 is 2.54 bits per heavy atom. The Labute approximate surface area is 79.1 Å². The summed E-state index contributed by atoms with van der Waals surface area (Å²) in [6.45, 7) is 8.45. The smallest absolute Gasteiger partial charge is 0.166 e. The van der Waals surface area contributed by atoms with E-state index in [4.69, 9.17) is 0 Å². The predicted octanol–water partition coefficient (Wildman–Crippen LogP) is 0.898. The average molecular weight is 180 g/mol. The van der Waals surface area contributed by atoms with Crippen molar-refractivity contribution in [1.82, 2.24) is 10.2 Å². The van der Waals surface area contributed by atoms with E-state index in [-0.39, 0.29) is 0 Å². The highest BCUT2D eigenvalue weighted by Gasteiger charge is 2.15. The van der Waals surface area contributed by atoms with E-state index in [2.05, 4.69) is 11.9 Å². The number of carbonyl (C=O) groups is 1. The Hall–Kier alpha value is -1.09. The second-order valence-corrected chi connectivity index (χ2v) is 3.05. The molecule has 1 fully saturated rings. The molecule has 1 saturated heterocycles. The van der Waals surface area contributed by atoms with Gasteiger partial charge in [0.2, 0.25) is 0 Å². The minimum Gasteiger partial charge on any atom is -0.341 e. The van der Waals surface area contributed by atoms with Crippen LogP contribution in [0.5, 0.6) is 0 Å². The van der Waals surface area contributed by atoms with Crippen LogP contribution < -0.4 is 5.32 Å². The highest BCUT2D eigenvalue weighted by Crippen LogP contribution is 2.12. The molecule has 3 nitrogen and oxygen atoms in total. The summed E-state index contributed by atoms with van der Waals surface area (Å²) < 4.78 is 0. The summed E-state index contributed by atoms with van der Waals surface area (Å²) in [4.78, 5) is 12.7. The van der Waals surface area contributed by atoms with Gasteiger partial charge in [-0.25, -0.2) is 0 Å². The molecule has 0 aromatic rings. The van der Waals surface area contributed by atoms with Crippen LogP contribution in [0.15, 0.2) is 24.0 Å². The van der Waals surface area contributed by atoms with Gasteiger partial charge in [0.15, 0.2) is 6.29 Å². The second-order valence-electron chi connectivity index (χ2n) is 3.05. The zero-order valence-electron chi connectivity index (χ0n) is 8.05. The van der Waals surface area contributed by atoms with Crippen LogP contribution in [0.1, 0.15) is 13.3 Å². The summed E-state index contributed by atoms with van der Waals surface area (Å²) in [5.74, 6) is 0. The Morgan fingerprint density at radius 1 is 1.77 bits per heavy atom. The molecule has 0 radical (unpaired) electrons. The molecular formula is C10H16N2O. The number of nitrogens with zero attached hydrogens (tertiary/aromatic N) is 1. The Balaban J connectivity index is 2.71. The molecule has 0 atom stereocenters. The maximum atomic E-state index is 10.8. The average Bonchev–Trinajstić information content (AvgIpc) is 2.16. The molecule has 1 heterocycles. The molecule has 72 valence electrons. The molecular weight excluding hydrogens is 164 g/mol. The van der Waals surface area contributed by atoms with Crippen molar-refractivity contribution in [3.8, 4) is 0 Å². The van der Waals surface area contributed by atoms with Crippen molar-refractivity contribution in [3.63, 3.8) is 0 Å². The molecule has 1 aliphatic rings. The van der Waals surface area contributed by atoms with Crippen LogP contribution >= 0.6 is 0 Å². The molecule has 0 spiro atoms. The zero-order chi connectivity index (χ0) is 9.68. The highest BCUT2D eigenvalue weighted by molar-refractivity contribution is 5.72. The molecule has 3 heteroatoms.